The summed E-state index contributed by atoms with van der Waals surface area (Å²) in [7, 11) is 0. The molecule has 0 spiro atoms. The van der Waals surface area contributed by atoms with Crippen molar-refractivity contribution >= 4 is 17.3 Å². The highest BCUT2D eigenvalue weighted by Crippen LogP contribution is 2.15. The molecule has 0 atom stereocenters. The van der Waals surface area contributed by atoms with E-state index in [2.05, 4.69) is 15.6 Å². The van der Waals surface area contributed by atoms with Gasteiger partial charge in [-0.3, -0.25) is 9.78 Å². The zero-order valence-corrected chi connectivity index (χ0v) is 14.2. The lowest BCUT2D eigenvalue weighted by molar-refractivity contribution is -0.115. The van der Waals surface area contributed by atoms with Gasteiger partial charge in [0.15, 0.2) is 0 Å². The molecule has 2 N–H and O–H groups in total. The van der Waals surface area contributed by atoms with Crippen molar-refractivity contribution < 1.29 is 4.79 Å². The number of carbonyl (C=O) groups excluding carboxylic acids is 1. The Labute approximate surface area is 147 Å². The maximum Gasteiger partial charge on any atom is 0.228 e. The molecule has 1 amide bonds. The Hall–Kier alpha value is -3.14. The average Bonchev–Trinajstić information content (AvgIpc) is 2.64. The second kappa shape index (κ2) is 8.11. The minimum atomic E-state index is -0.0140. The van der Waals surface area contributed by atoms with Crippen LogP contribution in [0.25, 0.3) is 0 Å². The summed E-state index contributed by atoms with van der Waals surface area (Å²) >= 11 is 0. The van der Waals surface area contributed by atoms with Gasteiger partial charge in [-0.1, -0.05) is 35.9 Å². The number of hydrogen-bond donors (Lipinski definition) is 2. The van der Waals surface area contributed by atoms with Gasteiger partial charge in [0.05, 0.1) is 6.42 Å². The van der Waals surface area contributed by atoms with Crippen molar-refractivity contribution in [2.45, 2.75) is 19.9 Å². The van der Waals surface area contributed by atoms with Gasteiger partial charge in [-0.25, -0.2) is 0 Å². The molecule has 126 valence electrons. The molecule has 3 rings (SSSR count). The van der Waals surface area contributed by atoms with Crippen LogP contribution in [0.5, 0.6) is 0 Å². The van der Waals surface area contributed by atoms with Crippen LogP contribution >= 0.6 is 0 Å². The predicted molar refractivity (Wildman–Crippen MR) is 102 cm³/mol. The van der Waals surface area contributed by atoms with Crippen molar-refractivity contribution in [2.24, 2.45) is 0 Å². The van der Waals surface area contributed by atoms with E-state index in [4.69, 9.17) is 0 Å². The van der Waals surface area contributed by atoms with Crippen LogP contribution < -0.4 is 10.6 Å². The summed E-state index contributed by atoms with van der Waals surface area (Å²) in [5, 5.41) is 6.26. The van der Waals surface area contributed by atoms with Crippen molar-refractivity contribution in [3.63, 3.8) is 0 Å². The van der Waals surface area contributed by atoms with Crippen LogP contribution in [0.1, 0.15) is 16.7 Å². The number of nitrogens with zero attached hydrogens (tertiary/aromatic N) is 1. The van der Waals surface area contributed by atoms with E-state index >= 15 is 0 Å². The molecular formula is C21H21N3O. The van der Waals surface area contributed by atoms with Gasteiger partial charge in [0.1, 0.15) is 0 Å². The number of amides is 1. The van der Waals surface area contributed by atoms with Gasteiger partial charge in [-0.2, -0.15) is 0 Å². The molecule has 0 aliphatic rings. The molecule has 0 saturated carbocycles. The quantitative estimate of drug-likeness (QED) is 0.712. The number of anilines is 2. The summed E-state index contributed by atoms with van der Waals surface area (Å²) in [5.74, 6) is -0.0140. The summed E-state index contributed by atoms with van der Waals surface area (Å²) in [6.07, 6.45) is 3.98. The third kappa shape index (κ3) is 5.18. The van der Waals surface area contributed by atoms with E-state index in [0.29, 0.717) is 13.0 Å². The fourth-order valence-electron chi connectivity index (χ4n) is 2.47. The van der Waals surface area contributed by atoms with Crippen molar-refractivity contribution in [3.8, 4) is 0 Å². The predicted octanol–water partition coefficient (Wildman–Crippen LogP) is 4.18. The molecule has 2 aromatic carbocycles. The van der Waals surface area contributed by atoms with Crippen molar-refractivity contribution in [1.29, 1.82) is 0 Å². The molecule has 0 unspecified atom stereocenters. The van der Waals surface area contributed by atoms with E-state index in [1.165, 1.54) is 5.56 Å². The molecule has 25 heavy (non-hydrogen) atoms. The number of aromatic nitrogens is 1. The van der Waals surface area contributed by atoms with Gasteiger partial charge in [0.2, 0.25) is 5.91 Å². The molecule has 3 aromatic rings. The molecule has 4 heteroatoms. The van der Waals surface area contributed by atoms with E-state index < -0.39 is 0 Å². The minimum absolute atomic E-state index is 0.0140. The number of carbonyl (C=O) groups is 1. The van der Waals surface area contributed by atoms with E-state index in [9.17, 15) is 4.79 Å². The monoisotopic (exact) mass is 331 g/mol. The lowest BCUT2D eigenvalue weighted by atomic mass is 10.1. The molecule has 0 saturated heterocycles. The average molecular weight is 331 g/mol. The standard InChI is InChI=1S/C21H21N3O/c1-16-4-6-17(7-5-16)13-21(25)24-20-10-8-19(9-11-20)23-15-18-3-2-12-22-14-18/h2-12,14,23H,13,15H2,1H3,(H,24,25). The fraction of sp³-hybridized carbons (Fsp3) is 0.143. The van der Waals surface area contributed by atoms with Crippen molar-refractivity contribution in [3.05, 3.63) is 89.7 Å². The first-order chi connectivity index (χ1) is 12.2. The molecule has 0 radical (unpaired) electrons. The lowest BCUT2D eigenvalue weighted by Gasteiger charge is -2.09. The highest BCUT2D eigenvalue weighted by Gasteiger charge is 2.04. The molecular weight excluding hydrogens is 310 g/mol. The highest BCUT2D eigenvalue weighted by atomic mass is 16.1. The summed E-state index contributed by atoms with van der Waals surface area (Å²) in [4.78, 5) is 16.2. The Kier molecular flexibility index (Phi) is 5.42. The van der Waals surface area contributed by atoms with Crippen molar-refractivity contribution in [2.75, 3.05) is 10.6 Å². The number of rotatable bonds is 6. The van der Waals surface area contributed by atoms with Gasteiger partial charge in [-0.05, 0) is 48.4 Å². The first kappa shape index (κ1) is 16.7. The van der Waals surface area contributed by atoms with Crippen LogP contribution in [-0.4, -0.2) is 10.9 Å². The largest absolute Gasteiger partial charge is 0.381 e. The first-order valence-electron chi connectivity index (χ1n) is 8.27. The van der Waals surface area contributed by atoms with Crippen LogP contribution in [0.2, 0.25) is 0 Å². The molecule has 1 aromatic heterocycles. The SMILES string of the molecule is Cc1ccc(CC(=O)Nc2ccc(NCc3cccnc3)cc2)cc1. The summed E-state index contributed by atoms with van der Waals surface area (Å²) < 4.78 is 0. The van der Waals surface area contributed by atoms with Crippen LogP contribution in [0, 0.1) is 6.92 Å². The zero-order chi connectivity index (χ0) is 17.5. The van der Waals surface area contributed by atoms with E-state index in [1.807, 2.05) is 73.8 Å². The Balaban J connectivity index is 1.51. The topological polar surface area (TPSA) is 54.0 Å². The molecule has 0 bridgehead atoms. The fourth-order valence-corrected chi connectivity index (χ4v) is 2.47. The number of hydrogen-bond acceptors (Lipinski definition) is 3. The molecule has 1 heterocycles. The summed E-state index contributed by atoms with van der Waals surface area (Å²) in [5.41, 5.74) is 5.12. The Morgan fingerprint density at radius 3 is 2.32 bits per heavy atom. The molecule has 0 aliphatic heterocycles. The van der Waals surface area contributed by atoms with E-state index in [1.54, 1.807) is 6.20 Å². The van der Waals surface area contributed by atoms with Crippen LogP contribution in [0.4, 0.5) is 11.4 Å². The number of aryl methyl sites for hydroxylation is 1. The summed E-state index contributed by atoms with van der Waals surface area (Å²) in [6, 6.07) is 19.7. The van der Waals surface area contributed by atoms with E-state index in [-0.39, 0.29) is 5.91 Å². The molecule has 0 fully saturated rings. The Morgan fingerprint density at radius 1 is 0.920 bits per heavy atom. The second-order valence-electron chi connectivity index (χ2n) is 6.00. The van der Waals surface area contributed by atoms with Gasteiger partial charge >= 0.3 is 0 Å². The van der Waals surface area contributed by atoms with Gasteiger partial charge in [-0.15, -0.1) is 0 Å². The van der Waals surface area contributed by atoms with Crippen LogP contribution in [-0.2, 0) is 17.8 Å². The third-order valence-corrected chi connectivity index (χ3v) is 3.87. The van der Waals surface area contributed by atoms with E-state index in [0.717, 1.165) is 22.5 Å². The Morgan fingerprint density at radius 2 is 1.64 bits per heavy atom. The second-order valence-corrected chi connectivity index (χ2v) is 6.00. The number of pyridine rings is 1. The highest BCUT2D eigenvalue weighted by molar-refractivity contribution is 5.92. The first-order valence-corrected chi connectivity index (χ1v) is 8.27. The number of benzene rings is 2. The normalized spacial score (nSPS) is 10.3. The molecule has 0 aliphatic carbocycles. The number of nitrogens with one attached hydrogen (secondary N) is 2. The zero-order valence-electron chi connectivity index (χ0n) is 14.2. The minimum Gasteiger partial charge on any atom is -0.381 e. The maximum atomic E-state index is 12.1. The van der Waals surface area contributed by atoms with Crippen molar-refractivity contribution in [1.82, 2.24) is 4.98 Å². The van der Waals surface area contributed by atoms with Gasteiger partial charge in [0, 0.05) is 30.3 Å². The third-order valence-electron chi connectivity index (χ3n) is 3.87. The lowest BCUT2D eigenvalue weighted by Crippen LogP contribution is -2.14. The van der Waals surface area contributed by atoms with Crippen LogP contribution in [0.15, 0.2) is 73.1 Å². The van der Waals surface area contributed by atoms with Crippen LogP contribution in [0.3, 0.4) is 0 Å². The van der Waals surface area contributed by atoms with Gasteiger partial charge in [0.25, 0.3) is 0 Å². The summed E-state index contributed by atoms with van der Waals surface area (Å²) in [6.45, 7) is 2.75. The molecule has 4 nitrogen and oxygen atoms in total. The Bertz CT molecular complexity index is 812. The van der Waals surface area contributed by atoms with Gasteiger partial charge < -0.3 is 10.6 Å². The maximum absolute atomic E-state index is 12.1. The smallest absolute Gasteiger partial charge is 0.228 e.